The molecular formula is C15H13N5O2. The van der Waals surface area contributed by atoms with Crippen molar-refractivity contribution in [2.24, 2.45) is 0 Å². The summed E-state index contributed by atoms with van der Waals surface area (Å²) in [6.45, 7) is 0. The molecule has 7 nitrogen and oxygen atoms in total. The Bertz CT molecular complexity index is 769. The number of rotatable bonds is 3. The molecule has 0 spiro atoms. The number of phenols is 1. The molecule has 0 aliphatic heterocycles. The molecule has 0 fully saturated rings. The molecule has 0 radical (unpaired) electrons. The Morgan fingerprint density at radius 2 is 1.82 bits per heavy atom. The first-order valence-corrected chi connectivity index (χ1v) is 6.54. The Morgan fingerprint density at radius 1 is 1.05 bits per heavy atom. The van der Waals surface area contributed by atoms with Gasteiger partial charge in [0.1, 0.15) is 5.75 Å². The first kappa shape index (κ1) is 13.6. The van der Waals surface area contributed by atoms with Crippen LogP contribution in [0.5, 0.6) is 5.75 Å². The summed E-state index contributed by atoms with van der Waals surface area (Å²) in [6, 6.07) is 13.1. The summed E-state index contributed by atoms with van der Waals surface area (Å²) in [6.07, 6.45) is 3.30. The zero-order valence-electron chi connectivity index (χ0n) is 11.5. The quantitative estimate of drug-likeness (QED) is 0.648. The highest BCUT2D eigenvalue weighted by atomic mass is 16.3. The number of aromatic hydroxyl groups is 1. The minimum atomic E-state index is -0.374. The predicted molar refractivity (Wildman–Crippen MR) is 82.1 cm³/mol. The van der Waals surface area contributed by atoms with E-state index in [2.05, 4.69) is 20.9 Å². The lowest BCUT2D eigenvalue weighted by molar-refractivity contribution is 0.262. The van der Waals surface area contributed by atoms with Crippen molar-refractivity contribution in [2.45, 2.75) is 0 Å². The van der Waals surface area contributed by atoms with Gasteiger partial charge in [-0.3, -0.25) is 0 Å². The summed E-state index contributed by atoms with van der Waals surface area (Å²) < 4.78 is 1.60. The van der Waals surface area contributed by atoms with Crippen LogP contribution in [0.4, 0.5) is 16.2 Å². The molecule has 2 amide bonds. The molecule has 0 bridgehead atoms. The van der Waals surface area contributed by atoms with Gasteiger partial charge in [-0.05, 0) is 42.5 Å². The van der Waals surface area contributed by atoms with Crippen molar-refractivity contribution in [3.63, 3.8) is 0 Å². The number of hydrogen-bond acceptors (Lipinski definition) is 4. The second-order valence-electron chi connectivity index (χ2n) is 4.52. The number of phenolic OH excluding ortho intramolecular Hbond substituents is 1. The highest BCUT2D eigenvalue weighted by molar-refractivity contribution is 5.99. The number of urea groups is 1. The third-order valence-electron chi connectivity index (χ3n) is 2.92. The van der Waals surface area contributed by atoms with Crippen molar-refractivity contribution in [3.05, 3.63) is 60.9 Å². The van der Waals surface area contributed by atoms with Gasteiger partial charge in [-0.2, -0.15) is 0 Å². The van der Waals surface area contributed by atoms with Gasteiger partial charge in [-0.1, -0.05) is 11.3 Å². The molecule has 0 saturated heterocycles. The van der Waals surface area contributed by atoms with Crippen LogP contribution in [0.2, 0.25) is 0 Å². The van der Waals surface area contributed by atoms with E-state index in [1.54, 1.807) is 41.3 Å². The molecule has 1 aromatic heterocycles. The monoisotopic (exact) mass is 295 g/mol. The summed E-state index contributed by atoms with van der Waals surface area (Å²) in [5.74, 6) is 0.145. The topological polar surface area (TPSA) is 92.1 Å². The Kier molecular flexibility index (Phi) is 3.69. The summed E-state index contributed by atoms with van der Waals surface area (Å²) in [5, 5.41) is 22.3. The number of benzene rings is 2. The Hall–Kier alpha value is -3.35. The van der Waals surface area contributed by atoms with Gasteiger partial charge in [0.25, 0.3) is 0 Å². The number of anilines is 2. The second-order valence-corrected chi connectivity index (χ2v) is 4.52. The molecule has 1 heterocycles. The summed E-state index contributed by atoms with van der Waals surface area (Å²) >= 11 is 0. The van der Waals surface area contributed by atoms with Gasteiger partial charge in [-0.15, -0.1) is 5.10 Å². The van der Waals surface area contributed by atoms with Crippen molar-refractivity contribution in [2.75, 3.05) is 10.6 Å². The Morgan fingerprint density at radius 3 is 2.55 bits per heavy atom. The van der Waals surface area contributed by atoms with Crippen LogP contribution in [0.1, 0.15) is 0 Å². The normalized spacial score (nSPS) is 10.2. The van der Waals surface area contributed by atoms with Crippen molar-refractivity contribution < 1.29 is 9.90 Å². The number of nitrogens with zero attached hydrogens (tertiary/aromatic N) is 3. The van der Waals surface area contributed by atoms with E-state index in [4.69, 9.17) is 0 Å². The lowest BCUT2D eigenvalue weighted by atomic mass is 10.3. The van der Waals surface area contributed by atoms with Crippen LogP contribution in [0.25, 0.3) is 5.69 Å². The van der Waals surface area contributed by atoms with Gasteiger partial charge in [0.05, 0.1) is 18.1 Å². The number of aromatic nitrogens is 3. The molecule has 0 atom stereocenters. The first-order valence-electron chi connectivity index (χ1n) is 6.54. The largest absolute Gasteiger partial charge is 0.508 e. The second kappa shape index (κ2) is 5.96. The van der Waals surface area contributed by atoms with E-state index in [0.717, 1.165) is 5.69 Å². The highest BCUT2D eigenvalue weighted by Gasteiger charge is 2.04. The third-order valence-corrected chi connectivity index (χ3v) is 2.92. The van der Waals surface area contributed by atoms with Crippen LogP contribution in [0.15, 0.2) is 60.9 Å². The number of carbonyl (C=O) groups excluding carboxylic acids is 1. The van der Waals surface area contributed by atoms with E-state index in [9.17, 15) is 9.90 Å². The van der Waals surface area contributed by atoms with Crippen molar-refractivity contribution in [3.8, 4) is 11.4 Å². The number of carbonyl (C=O) groups is 1. The lowest BCUT2D eigenvalue weighted by Crippen LogP contribution is -2.19. The van der Waals surface area contributed by atoms with E-state index in [0.29, 0.717) is 11.4 Å². The lowest BCUT2D eigenvalue weighted by Gasteiger charge is -2.09. The van der Waals surface area contributed by atoms with Crippen molar-refractivity contribution in [1.82, 2.24) is 15.0 Å². The molecule has 0 aliphatic carbocycles. The zero-order valence-corrected chi connectivity index (χ0v) is 11.5. The molecule has 22 heavy (non-hydrogen) atoms. The Labute approximate surface area is 126 Å². The standard InChI is InChI=1S/C15H13N5O2/c21-14-6-4-11(5-7-14)17-15(22)18-12-2-1-3-13(10-12)20-9-8-16-19-20/h1-10,21H,(H2,17,18,22). The molecule has 2 aromatic carbocycles. The number of hydrogen-bond donors (Lipinski definition) is 3. The van der Waals surface area contributed by atoms with Gasteiger partial charge in [-0.25, -0.2) is 9.48 Å². The van der Waals surface area contributed by atoms with Crippen LogP contribution >= 0.6 is 0 Å². The van der Waals surface area contributed by atoms with Crippen LogP contribution in [0.3, 0.4) is 0 Å². The maximum absolute atomic E-state index is 11.9. The Balaban J connectivity index is 1.69. The maximum Gasteiger partial charge on any atom is 0.323 e. The zero-order chi connectivity index (χ0) is 15.4. The summed E-state index contributed by atoms with van der Waals surface area (Å²) in [7, 11) is 0. The summed E-state index contributed by atoms with van der Waals surface area (Å²) in [4.78, 5) is 11.9. The van der Waals surface area contributed by atoms with Crippen LogP contribution in [-0.4, -0.2) is 26.1 Å². The van der Waals surface area contributed by atoms with Gasteiger partial charge in [0, 0.05) is 11.4 Å². The van der Waals surface area contributed by atoms with Gasteiger partial charge < -0.3 is 15.7 Å². The van der Waals surface area contributed by atoms with E-state index in [1.165, 1.54) is 12.1 Å². The van der Waals surface area contributed by atoms with E-state index >= 15 is 0 Å². The molecule has 0 aliphatic rings. The van der Waals surface area contributed by atoms with Crippen LogP contribution < -0.4 is 10.6 Å². The molecule has 0 saturated carbocycles. The fourth-order valence-corrected chi connectivity index (χ4v) is 1.91. The SMILES string of the molecule is O=C(Nc1ccc(O)cc1)Nc1cccc(-n2ccnn2)c1. The molecule has 3 rings (SSSR count). The van der Waals surface area contributed by atoms with E-state index in [-0.39, 0.29) is 11.8 Å². The van der Waals surface area contributed by atoms with Crippen molar-refractivity contribution >= 4 is 17.4 Å². The summed E-state index contributed by atoms with van der Waals surface area (Å²) in [5.41, 5.74) is 2.01. The third kappa shape index (κ3) is 3.21. The van der Waals surface area contributed by atoms with Gasteiger partial charge in [0.2, 0.25) is 0 Å². The van der Waals surface area contributed by atoms with Crippen molar-refractivity contribution in [1.29, 1.82) is 0 Å². The minimum absolute atomic E-state index is 0.145. The molecule has 3 N–H and O–H groups in total. The number of amides is 2. The maximum atomic E-state index is 11.9. The van der Waals surface area contributed by atoms with Crippen LogP contribution in [-0.2, 0) is 0 Å². The molecule has 7 heteroatoms. The fraction of sp³-hybridized carbons (Fsp3) is 0. The molecule has 0 unspecified atom stereocenters. The van der Waals surface area contributed by atoms with Gasteiger partial charge in [0.15, 0.2) is 0 Å². The first-order chi connectivity index (χ1) is 10.7. The fourth-order valence-electron chi connectivity index (χ4n) is 1.91. The number of nitrogens with one attached hydrogen (secondary N) is 2. The van der Waals surface area contributed by atoms with E-state index in [1.807, 2.05) is 12.1 Å². The average Bonchev–Trinajstić information content (AvgIpc) is 3.04. The predicted octanol–water partition coefficient (Wildman–Crippen LogP) is 2.62. The van der Waals surface area contributed by atoms with E-state index < -0.39 is 0 Å². The van der Waals surface area contributed by atoms with Crippen LogP contribution in [0, 0.1) is 0 Å². The smallest absolute Gasteiger partial charge is 0.323 e. The molecular weight excluding hydrogens is 282 g/mol. The average molecular weight is 295 g/mol. The minimum Gasteiger partial charge on any atom is -0.508 e. The highest BCUT2D eigenvalue weighted by Crippen LogP contribution is 2.16. The molecule has 3 aromatic rings. The van der Waals surface area contributed by atoms with Gasteiger partial charge >= 0.3 is 6.03 Å². The molecule has 110 valence electrons.